The maximum atomic E-state index is 11.7. The molecule has 6 heteroatoms. The molecule has 0 spiro atoms. The number of carbonyl (C=O) groups excluding carboxylic acids is 1. The van der Waals surface area contributed by atoms with Crippen LogP contribution in [0.1, 0.15) is 30.6 Å². The van der Waals surface area contributed by atoms with E-state index in [0.29, 0.717) is 6.42 Å². The maximum Gasteiger partial charge on any atom is 0.282 e. The number of hydrazone groups is 1. The Morgan fingerprint density at radius 2 is 2.12 bits per heavy atom. The summed E-state index contributed by atoms with van der Waals surface area (Å²) in [5.74, 6) is -0.579. The molecule has 0 atom stereocenters. The summed E-state index contributed by atoms with van der Waals surface area (Å²) < 4.78 is 0. The Balaban J connectivity index is 2.93. The molecule has 17 heavy (non-hydrogen) atoms. The van der Waals surface area contributed by atoms with Gasteiger partial charge in [0.2, 0.25) is 0 Å². The molecule has 0 heterocycles. The summed E-state index contributed by atoms with van der Waals surface area (Å²) >= 11 is 0. The third-order valence-electron chi connectivity index (χ3n) is 2.21. The molecule has 0 saturated carbocycles. The van der Waals surface area contributed by atoms with Crippen molar-refractivity contribution < 1.29 is 9.72 Å². The number of hydrogen-bond acceptors (Lipinski definition) is 4. The molecule has 1 aromatic rings. The fourth-order valence-electron chi connectivity index (χ4n) is 1.11. The predicted octanol–water partition coefficient (Wildman–Crippen LogP) is 2.11. The fraction of sp³-hybridized carbons (Fsp3) is 0.273. The molecule has 0 aromatic heterocycles. The molecule has 90 valence electrons. The van der Waals surface area contributed by atoms with Crippen molar-refractivity contribution in [1.82, 2.24) is 5.43 Å². The van der Waals surface area contributed by atoms with Gasteiger partial charge in [0, 0.05) is 11.8 Å². The lowest BCUT2D eigenvalue weighted by Crippen LogP contribution is -2.20. The zero-order valence-electron chi connectivity index (χ0n) is 9.64. The average Bonchev–Trinajstić information content (AvgIpc) is 2.35. The van der Waals surface area contributed by atoms with Crippen LogP contribution in [0.5, 0.6) is 0 Å². The van der Waals surface area contributed by atoms with Crippen LogP contribution in [0.4, 0.5) is 5.69 Å². The monoisotopic (exact) mass is 235 g/mol. The van der Waals surface area contributed by atoms with Gasteiger partial charge in [-0.3, -0.25) is 14.9 Å². The molecular weight excluding hydrogens is 222 g/mol. The number of para-hydroxylation sites is 1. The zero-order valence-corrected chi connectivity index (χ0v) is 9.64. The number of rotatable bonds is 4. The highest BCUT2D eigenvalue weighted by atomic mass is 16.6. The van der Waals surface area contributed by atoms with Gasteiger partial charge in [-0.05, 0) is 19.4 Å². The van der Waals surface area contributed by atoms with Crippen molar-refractivity contribution in [3.8, 4) is 0 Å². The number of hydrogen-bond donors (Lipinski definition) is 1. The number of carbonyl (C=O) groups is 1. The summed E-state index contributed by atoms with van der Waals surface area (Å²) in [6.45, 7) is 3.66. The Morgan fingerprint density at radius 3 is 2.71 bits per heavy atom. The van der Waals surface area contributed by atoms with Crippen molar-refractivity contribution in [3.05, 3.63) is 39.9 Å². The van der Waals surface area contributed by atoms with Crippen LogP contribution in [-0.2, 0) is 0 Å². The van der Waals surface area contributed by atoms with Crippen molar-refractivity contribution in [2.24, 2.45) is 5.10 Å². The second kappa shape index (κ2) is 5.74. The molecule has 0 saturated heterocycles. The SMILES string of the molecule is CC/C(C)=N/NC(=O)c1ccccc1[N+](=O)[O-]. The van der Waals surface area contributed by atoms with Gasteiger partial charge in [-0.15, -0.1) is 0 Å². The lowest BCUT2D eigenvalue weighted by molar-refractivity contribution is -0.385. The highest BCUT2D eigenvalue weighted by molar-refractivity contribution is 5.98. The van der Waals surface area contributed by atoms with E-state index in [9.17, 15) is 14.9 Å². The van der Waals surface area contributed by atoms with E-state index >= 15 is 0 Å². The summed E-state index contributed by atoms with van der Waals surface area (Å²) in [6.07, 6.45) is 0.706. The van der Waals surface area contributed by atoms with Crippen LogP contribution in [0.3, 0.4) is 0 Å². The maximum absolute atomic E-state index is 11.7. The van der Waals surface area contributed by atoms with Crippen LogP contribution in [0.25, 0.3) is 0 Å². The summed E-state index contributed by atoms with van der Waals surface area (Å²) in [7, 11) is 0. The molecular formula is C11H13N3O3. The Morgan fingerprint density at radius 1 is 1.47 bits per heavy atom. The third kappa shape index (κ3) is 3.37. The number of amides is 1. The first-order chi connectivity index (χ1) is 8.06. The summed E-state index contributed by atoms with van der Waals surface area (Å²) in [6, 6.07) is 5.75. The lowest BCUT2D eigenvalue weighted by Gasteiger charge is -2.02. The second-order valence-corrected chi connectivity index (χ2v) is 3.42. The Labute approximate surface area is 98.5 Å². The van der Waals surface area contributed by atoms with Crippen LogP contribution in [0.2, 0.25) is 0 Å². The van der Waals surface area contributed by atoms with Crippen molar-refractivity contribution in [3.63, 3.8) is 0 Å². The predicted molar refractivity (Wildman–Crippen MR) is 64.0 cm³/mol. The molecule has 0 aliphatic carbocycles. The minimum Gasteiger partial charge on any atom is -0.267 e. The van der Waals surface area contributed by atoms with Crippen molar-refractivity contribution in [2.75, 3.05) is 0 Å². The topological polar surface area (TPSA) is 84.6 Å². The minimum absolute atomic E-state index is 0.00477. The smallest absolute Gasteiger partial charge is 0.267 e. The second-order valence-electron chi connectivity index (χ2n) is 3.42. The van der Waals surface area contributed by atoms with Crippen LogP contribution < -0.4 is 5.43 Å². The molecule has 0 bridgehead atoms. The van der Waals surface area contributed by atoms with Gasteiger partial charge in [0.05, 0.1) is 4.92 Å². The Bertz CT molecular complexity index is 469. The van der Waals surface area contributed by atoms with E-state index in [1.54, 1.807) is 13.0 Å². The van der Waals surface area contributed by atoms with Gasteiger partial charge >= 0.3 is 0 Å². The first kappa shape index (κ1) is 12.8. The van der Waals surface area contributed by atoms with Crippen LogP contribution in [0, 0.1) is 10.1 Å². The molecule has 0 unspecified atom stereocenters. The molecule has 0 aliphatic heterocycles. The standard InChI is InChI=1S/C11H13N3O3/c1-3-8(2)12-13-11(15)9-6-4-5-7-10(9)14(16)17/h4-7H,3H2,1-2H3,(H,13,15)/b12-8+. The largest absolute Gasteiger partial charge is 0.282 e. The normalized spacial score (nSPS) is 11.1. The lowest BCUT2D eigenvalue weighted by atomic mass is 10.2. The zero-order chi connectivity index (χ0) is 12.8. The van der Waals surface area contributed by atoms with E-state index in [-0.39, 0.29) is 11.3 Å². The third-order valence-corrected chi connectivity index (χ3v) is 2.21. The average molecular weight is 235 g/mol. The van der Waals surface area contributed by atoms with E-state index < -0.39 is 10.8 Å². The Kier molecular flexibility index (Phi) is 4.33. The van der Waals surface area contributed by atoms with Gasteiger partial charge in [0.15, 0.2) is 0 Å². The van der Waals surface area contributed by atoms with E-state index in [0.717, 1.165) is 5.71 Å². The summed E-state index contributed by atoms with van der Waals surface area (Å²) in [5, 5.41) is 14.5. The van der Waals surface area contributed by atoms with Crippen LogP contribution in [-0.4, -0.2) is 16.5 Å². The number of nitrogens with one attached hydrogen (secondary N) is 1. The highest BCUT2D eigenvalue weighted by Crippen LogP contribution is 2.17. The van der Waals surface area contributed by atoms with Crippen LogP contribution >= 0.6 is 0 Å². The molecule has 6 nitrogen and oxygen atoms in total. The molecule has 1 aromatic carbocycles. The van der Waals surface area contributed by atoms with Gasteiger partial charge in [-0.2, -0.15) is 5.10 Å². The van der Waals surface area contributed by atoms with Crippen LogP contribution in [0.15, 0.2) is 29.4 Å². The van der Waals surface area contributed by atoms with Gasteiger partial charge in [0.1, 0.15) is 5.56 Å². The van der Waals surface area contributed by atoms with Gasteiger partial charge < -0.3 is 0 Å². The van der Waals surface area contributed by atoms with E-state index in [1.807, 2.05) is 6.92 Å². The van der Waals surface area contributed by atoms with Gasteiger partial charge in [-0.25, -0.2) is 5.43 Å². The summed E-state index contributed by atoms with van der Waals surface area (Å²) in [5.41, 5.74) is 2.81. The van der Waals surface area contributed by atoms with Crippen molar-refractivity contribution in [1.29, 1.82) is 0 Å². The fourth-order valence-corrected chi connectivity index (χ4v) is 1.11. The molecule has 0 radical (unpaired) electrons. The first-order valence-corrected chi connectivity index (χ1v) is 5.13. The Hall–Kier alpha value is -2.24. The molecule has 1 N–H and O–H groups in total. The van der Waals surface area contributed by atoms with E-state index in [2.05, 4.69) is 10.5 Å². The summed E-state index contributed by atoms with van der Waals surface area (Å²) in [4.78, 5) is 21.8. The van der Waals surface area contributed by atoms with Crippen molar-refractivity contribution >= 4 is 17.3 Å². The number of nitro benzene ring substituents is 1. The molecule has 0 aliphatic rings. The van der Waals surface area contributed by atoms with Gasteiger partial charge in [-0.1, -0.05) is 19.1 Å². The van der Waals surface area contributed by atoms with E-state index in [1.165, 1.54) is 18.2 Å². The highest BCUT2D eigenvalue weighted by Gasteiger charge is 2.18. The molecule has 1 rings (SSSR count). The minimum atomic E-state index is -0.592. The number of nitrogens with zero attached hydrogens (tertiary/aromatic N) is 2. The quantitative estimate of drug-likeness (QED) is 0.492. The van der Waals surface area contributed by atoms with Crippen molar-refractivity contribution in [2.45, 2.75) is 20.3 Å². The molecule has 0 fully saturated rings. The number of nitro groups is 1. The van der Waals surface area contributed by atoms with Gasteiger partial charge in [0.25, 0.3) is 11.6 Å². The first-order valence-electron chi connectivity index (χ1n) is 5.13. The van der Waals surface area contributed by atoms with E-state index in [4.69, 9.17) is 0 Å². The number of benzene rings is 1. The molecule has 1 amide bonds.